The van der Waals surface area contributed by atoms with Gasteiger partial charge in [0.2, 0.25) is 5.91 Å². The number of nitrogens with zero attached hydrogens (tertiary/aromatic N) is 1. The second kappa shape index (κ2) is 8.88. The highest BCUT2D eigenvalue weighted by molar-refractivity contribution is 9.10. The van der Waals surface area contributed by atoms with Gasteiger partial charge in [0.25, 0.3) is 0 Å². The number of aliphatic carboxylic acids is 1. The second-order valence-corrected chi connectivity index (χ2v) is 6.19. The van der Waals surface area contributed by atoms with Crippen LogP contribution in [0.15, 0.2) is 28.7 Å². The van der Waals surface area contributed by atoms with Crippen molar-refractivity contribution in [3.8, 4) is 5.75 Å². The zero-order valence-electron chi connectivity index (χ0n) is 12.7. The molecule has 1 atom stereocenters. The van der Waals surface area contributed by atoms with Crippen LogP contribution in [0.3, 0.4) is 0 Å². The fraction of sp³-hybridized carbons (Fsp3) is 0.500. The molecule has 2 rings (SSSR count). The molecule has 1 saturated heterocycles. The molecule has 126 valence electrons. The van der Waals surface area contributed by atoms with Gasteiger partial charge in [-0.05, 0) is 37.1 Å². The minimum absolute atomic E-state index is 0.0632. The molecular weight excluding hydrogens is 366 g/mol. The lowest BCUT2D eigenvalue weighted by atomic mass is 10.1. The van der Waals surface area contributed by atoms with Gasteiger partial charge in [-0.25, -0.2) is 4.79 Å². The number of ether oxygens (including phenoxy) is 2. The van der Waals surface area contributed by atoms with Crippen molar-refractivity contribution < 1.29 is 24.2 Å². The predicted molar refractivity (Wildman–Crippen MR) is 87.4 cm³/mol. The van der Waals surface area contributed by atoms with Gasteiger partial charge in [-0.15, -0.1) is 0 Å². The van der Waals surface area contributed by atoms with Crippen LogP contribution in [-0.2, 0) is 14.3 Å². The molecule has 0 bridgehead atoms. The lowest BCUT2D eigenvalue weighted by molar-refractivity contribution is -0.158. The molecule has 0 spiro atoms. The maximum Gasteiger partial charge on any atom is 0.328 e. The topological polar surface area (TPSA) is 76.1 Å². The minimum atomic E-state index is -1.02. The fourth-order valence-electron chi connectivity index (χ4n) is 2.35. The standard InChI is InChI=1S/C16H20BrNO5/c17-12-4-6-13(7-5-12)23-9-2-1-3-15(19)18-8-10-22-11-14(18)16(20)21/h4-7,14H,1-3,8-11H2,(H,20,21). The van der Waals surface area contributed by atoms with E-state index in [9.17, 15) is 9.59 Å². The maximum atomic E-state index is 12.1. The first-order valence-corrected chi connectivity index (χ1v) is 8.35. The molecule has 1 fully saturated rings. The summed E-state index contributed by atoms with van der Waals surface area (Å²) < 4.78 is 11.7. The van der Waals surface area contributed by atoms with E-state index >= 15 is 0 Å². The number of benzene rings is 1. The van der Waals surface area contributed by atoms with Gasteiger partial charge in [-0.1, -0.05) is 15.9 Å². The first kappa shape index (κ1) is 17.7. The van der Waals surface area contributed by atoms with Crippen molar-refractivity contribution in [3.05, 3.63) is 28.7 Å². The second-order valence-electron chi connectivity index (χ2n) is 5.28. The Kier molecular flexibility index (Phi) is 6.85. The molecule has 0 saturated carbocycles. The van der Waals surface area contributed by atoms with E-state index in [0.29, 0.717) is 32.6 Å². The molecule has 1 amide bonds. The Morgan fingerprint density at radius 1 is 1.30 bits per heavy atom. The summed E-state index contributed by atoms with van der Waals surface area (Å²) in [6.07, 6.45) is 1.73. The predicted octanol–water partition coefficient (Wildman–Crippen LogP) is 2.31. The molecule has 1 aliphatic rings. The Bertz CT molecular complexity index is 534. The molecule has 1 unspecified atom stereocenters. The van der Waals surface area contributed by atoms with E-state index in [4.69, 9.17) is 14.6 Å². The largest absolute Gasteiger partial charge is 0.494 e. The van der Waals surface area contributed by atoms with E-state index in [0.717, 1.165) is 16.6 Å². The average molecular weight is 386 g/mol. The van der Waals surface area contributed by atoms with Gasteiger partial charge in [0, 0.05) is 17.4 Å². The Hall–Kier alpha value is -1.60. The first-order chi connectivity index (χ1) is 11.1. The highest BCUT2D eigenvalue weighted by atomic mass is 79.9. The number of morpholine rings is 1. The quantitative estimate of drug-likeness (QED) is 0.728. The summed E-state index contributed by atoms with van der Waals surface area (Å²) in [5, 5.41) is 9.12. The van der Waals surface area contributed by atoms with E-state index in [1.54, 1.807) is 0 Å². The highest BCUT2D eigenvalue weighted by Crippen LogP contribution is 2.16. The van der Waals surface area contributed by atoms with Crippen LogP contribution >= 0.6 is 15.9 Å². The third kappa shape index (κ3) is 5.51. The summed E-state index contributed by atoms with van der Waals surface area (Å²) in [7, 11) is 0. The Labute approximate surface area is 143 Å². The lowest BCUT2D eigenvalue weighted by Crippen LogP contribution is -2.52. The summed E-state index contributed by atoms with van der Waals surface area (Å²) in [6.45, 7) is 1.32. The van der Waals surface area contributed by atoms with Crippen molar-refractivity contribution in [3.63, 3.8) is 0 Å². The van der Waals surface area contributed by atoms with Crippen molar-refractivity contribution in [1.82, 2.24) is 4.90 Å². The van der Waals surface area contributed by atoms with Gasteiger partial charge >= 0.3 is 5.97 Å². The van der Waals surface area contributed by atoms with Crippen molar-refractivity contribution in [2.45, 2.75) is 25.3 Å². The van der Waals surface area contributed by atoms with Gasteiger partial charge in [0.05, 0.1) is 19.8 Å². The smallest absolute Gasteiger partial charge is 0.328 e. The highest BCUT2D eigenvalue weighted by Gasteiger charge is 2.32. The number of rotatable bonds is 7. The minimum Gasteiger partial charge on any atom is -0.494 e. The van der Waals surface area contributed by atoms with Crippen LogP contribution in [0.2, 0.25) is 0 Å². The summed E-state index contributed by atoms with van der Waals surface area (Å²) in [6, 6.07) is 6.70. The Balaban J connectivity index is 1.67. The molecule has 1 heterocycles. The molecule has 7 heteroatoms. The maximum absolute atomic E-state index is 12.1. The van der Waals surface area contributed by atoms with E-state index in [2.05, 4.69) is 15.9 Å². The molecule has 23 heavy (non-hydrogen) atoms. The normalized spacial score (nSPS) is 17.8. The average Bonchev–Trinajstić information content (AvgIpc) is 2.56. The fourth-order valence-corrected chi connectivity index (χ4v) is 2.61. The van der Waals surface area contributed by atoms with Crippen molar-refractivity contribution in [2.75, 3.05) is 26.4 Å². The molecule has 1 aromatic rings. The van der Waals surface area contributed by atoms with Gasteiger partial charge < -0.3 is 19.5 Å². The number of carbonyl (C=O) groups is 2. The van der Waals surface area contributed by atoms with Gasteiger partial charge in [-0.2, -0.15) is 0 Å². The van der Waals surface area contributed by atoms with Gasteiger partial charge in [0.15, 0.2) is 6.04 Å². The lowest BCUT2D eigenvalue weighted by Gasteiger charge is -2.32. The number of carboxylic acids is 1. The zero-order chi connectivity index (χ0) is 16.7. The molecule has 6 nitrogen and oxygen atoms in total. The van der Waals surface area contributed by atoms with E-state index in [-0.39, 0.29) is 12.5 Å². The molecule has 0 aliphatic carbocycles. The molecule has 1 aliphatic heterocycles. The van der Waals surface area contributed by atoms with Crippen LogP contribution in [0, 0.1) is 0 Å². The summed E-state index contributed by atoms with van der Waals surface area (Å²) >= 11 is 3.36. The SMILES string of the molecule is O=C(O)C1COCCN1C(=O)CCCCOc1ccc(Br)cc1. The number of amides is 1. The number of halogens is 1. The number of carbonyl (C=O) groups excluding carboxylic acids is 1. The molecule has 1 aromatic carbocycles. The van der Waals surface area contributed by atoms with E-state index < -0.39 is 12.0 Å². The van der Waals surface area contributed by atoms with Crippen LogP contribution in [0.5, 0.6) is 5.75 Å². The van der Waals surface area contributed by atoms with Crippen molar-refractivity contribution in [1.29, 1.82) is 0 Å². The Morgan fingerprint density at radius 2 is 2.04 bits per heavy atom. The van der Waals surface area contributed by atoms with Gasteiger partial charge in [-0.3, -0.25) is 4.79 Å². The van der Waals surface area contributed by atoms with E-state index in [1.807, 2.05) is 24.3 Å². The van der Waals surface area contributed by atoms with E-state index in [1.165, 1.54) is 4.90 Å². The number of carboxylic acid groups (broad SMARTS) is 1. The molecule has 1 N–H and O–H groups in total. The molecule has 0 aromatic heterocycles. The Morgan fingerprint density at radius 3 is 2.74 bits per heavy atom. The summed E-state index contributed by atoms with van der Waals surface area (Å²) in [4.78, 5) is 24.7. The monoisotopic (exact) mass is 385 g/mol. The summed E-state index contributed by atoms with van der Waals surface area (Å²) in [5.41, 5.74) is 0. The van der Waals surface area contributed by atoms with Crippen LogP contribution in [0.4, 0.5) is 0 Å². The van der Waals surface area contributed by atoms with Crippen molar-refractivity contribution >= 4 is 27.8 Å². The van der Waals surface area contributed by atoms with Crippen LogP contribution in [-0.4, -0.2) is 54.3 Å². The van der Waals surface area contributed by atoms with Crippen LogP contribution in [0.25, 0.3) is 0 Å². The number of hydrogen-bond donors (Lipinski definition) is 1. The number of hydrogen-bond acceptors (Lipinski definition) is 4. The van der Waals surface area contributed by atoms with Gasteiger partial charge in [0.1, 0.15) is 5.75 Å². The zero-order valence-corrected chi connectivity index (χ0v) is 14.3. The number of unbranched alkanes of at least 4 members (excludes halogenated alkanes) is 1. The van der Waals surface area contributed by atoms with Crippen LogP contribution < -0.4 is 4.74 Å². The summed E-state index contributed by atoms with van der Waals surface area (Å²) in [5.74, 6) is -0.361. The first-order valence-electron chi connectivity index (χ1n) is 7.56. The molecule has 0 radical (unpaired) electrons. The van der Waals surface area contributed by atoms with Crippen LogP contribution in [0.1, 0.15) is 19.3 Å². The third-order valence-corrected chi connectivity index (χ3v) is 4.13. The third-order valence-electron chi connectivity index (χ3n) is 3.60. The molecular formula is C16H20BrNO5. The van der Waals surface area contributed by atoms with Crippen molar-refractivity contribution in [2.24, 2.45) is 0 Å².